The molecule has 0 radical (unpaired) electrons. The van der Waals surface area contributed by atoms with E-state index in [1.54, 1.807) is 37.6 Å². The van der Waals surface area contributed by atoms with E-state index in [9.17, 15) is 13.6 Å². The Morgan fingerprint density at radius 3 is 2.57 bits per heavy atom. The van der Waals surface area contributed by atoms with Gasteiger partial charge in [-0.05, 0) is 54.3 Å². The van der Waals surface area contributed by atoms with Crippen LogP contribution in [0.5, 0.6) is 0 Å². The Labute approximate surface area is 159 Å². The fraction of sp³-hybridized carbons (Fsp3) is 0.0952. The number of pyridine rings is 3. The molecule has 28 heavy (non-hydrogen) atoms. The van der Waals surface area contributed by atoms with E-state index in [2.05, 4.69) is 15.3 Å². The number of halogens is 2. The van der Waals surface area contributed by atoms with Gasteiger partial charge >= 0.3 is 0 Å². The maximum Gasteiger partial charge on any atom is 0.267 e. The van der Waals surface area contributed by atoms with Crippen molar-refractivity contribution in [1.29, 1.82) is 0 Å². The first-order valence-electron chi connectivity index (χ1n) is 8.64. The molecule has 0 unspecified atom stereocenters. The quantitative estimate of drug-likeness (QED) is 0.584. The number of anilines is 1. The van der Waals surface area contributed by atoms with E-state index in [1.807, 2.05) is 12.1 Å². The Kier molecular flexibility index (Phi) is 4.57. The standard InChI is InChI=1S/C21H16F2N4O/c1-13-10-15-6-9-25-20(26-12-14-4-7-24-8-5-14)19(15)21(28)27(13)18-3-2-16(22)11-17(18)23/h2-11H,12H2,1H3,(H,25,26). The average Bonchev–Trinajstić information content (AvgIpc) is 2.68. The maximum absolute atomic E-state index is 14.3. The van der Waals surface area contributed by atoms with E-state index in [0.29, 0.717) is 28.8 Å². The summed E-state index contributed by atoms with van der Waals surface area (Å²) in [7, 11) is 0. The van der Waals surface area contributed by atoms with Gasteiger partial charge in [-0.15, -0.1) is 0 Å². The molecule has 0 saturated carbocycles. The first kappa shape index (κ1) is 17.8. The molecule has 3 aromatic heterocycles. The third-order valence-electron chi connectivity index (χ3n) is 4.48. The van der Waals surface area contributed by atoms with E-state index < -0.39 is 17.2 Å². The molecule has 0 atom stereocenters. The summed E-state index contributed by atoms with van der Waals surface area (Å²) < 4.78 is 28.9. The summed E-state index contributed by atoms with van der Waals surface area (Å²) in [6.45, 7) is 2.15. The smallest absolute Gasteiger partial charge is 0.267 e. The molecule has 0 spiro atoms. The second-order valence-corrected chi connectivity index (χ2v) is 6.35. The van der Waals surface area contributed by atoms with E-state index in [1.165, 1.54) is 10.6 Å². The molecule has 0 amide bonds. The van der Waals surface area contributed by atoms with Crippen molar-refractivity contribution in [1.82, 2.24) is 14.5 Å². The van der Waals surface area contributed by atoms with Gasteiger partial charge in [-0.25, -0.2) is 13.8 Å². The molecular weight excluding hydrogens is 362 g/mol. The highest BCUT2D eigenvalue weighted by atomic mass is 19.1. The number of nitrogens with one attached hydrogen (secondary N) is 1. The van der Waals surface area contributed by atoms with Crippen molar-refractivity contribution in [3.8, 4) is 5.69 Å². The van der Waals surface area contributed by atoms with Crippen LogP contribution in [0.4, 0.5) is 14.6 Å². The highest BCUT2D eigenvalue weighted by Crippen LogP contribution is 2.22. The molecule has 4 rings (SSSR count). The molecule has 0 fully saturated rings. The minimum absolute atomic E-state index is 0.00487. The van der Waals surface area contributed by atoms with Crippen molar-refractivity contribution in [2.75, 3.05) is 5.32 Å². The summed E-state index contributed by atoms with van der Waals surface area (Å²) in [6.07, 6.45) is 4.97. The number of aromatic nitrogens is 3. The Hall–Kier alpha value is -3.61. The number of benzene rings is 1. The summed E-state index contributed by atoms with van der Waals surface area (Å²) in [6, 6.07) is 10.4. The van der Waals surface area contributed by atoms with E-state index in [4.69, 9.17) is 0 Å². The summed E-state index contributed by atoms with van der Waals surface area (Å²) in [4.78, 5) is 21.5. The first-order chi connectivity index (χ1) is 13.5. The normalized spacial score (nSPS) is 11.0. The van der Waals surface area contributed by atoms with Gasteiger partial charge in [0.05, 0.1) is 11.1 Å². The van der Waals surface area contributed by atoms with Gasteiger partial charge in [0.2, 0.25) is 0 Å². The summed E-state index contributed by atoms with van der Waals surface area (Å²) in [5, 5.41) is 4.19. The maximum atomic E-state index is 14.3. The van der Waals surface area contributed by atoms with Crippen LogP contribution in [0, 0.1) is 18.6 Å². The van der Waals surface area contributed by atoms with Crippen molar-refractivity contribution in [2.45, 2.75) is 13.5 Å². The van der Waals surface area contributed by atoms with Gasteiger partial charge in [-0.3, -0.25) is 14.3 Å². The van der Waals surface area contributed by atoms with Crippen molar-refractivity contribution in [2.24, 2.45) is 0 Å². The van der Waals surface area contributed by atoms with Crippen molar-refractivity contribution in [3.05, 3.63) is 94.3 Å². The molecule has 3 heterocycles. The largest absolute Gasteiger partial charge is 0.365 e. The van der Waals surface area contributed by atoms with Crippen LogP contribution in [0.25, 0.3) is 16.5 Å². The summed E-state index contributed by atoms with van der Waals surface area (Å²) in [5.41, 5.74) is 1.08. The van der Waals surface area contributed by atoms with Gasteiger partial charge in [0.15, 0.2) is 0 Å². The SMILES string of the molecule is Cc1cc2ccnc(NCc3ccncc3)c2c(=O)n1-c1ccc(F)cc1F. The molecule has 0 aliphatic carbocycles. The molecule has 0 saturated heterocycles. The Morgan fingerprint density at radius 2 is 1.82 bits per heavy atom. The molecule has 4 aromatic rings. The van der Waals surface area contributed by atoms with Crippen molar-refractivity contribution >= 4 is 16.6 Å². The molecular formula is C21H16F2N4O. The first-order valence-corrected chi connectivity index (χ1v) is 8.64. The molecule has 0 aliphatic heterocycles. The lowest BCUT2D eigenvalue weighted by atomic mass is 10.1. The molecule has 0 bridgehead atoms. The third-order valence-corrected chi connectivity index (χ3v) is 4.48. The Bertz CT molecular complexity index is 1220. The van der Waals surface area contributed by atoms with Crippen LogP contribution in [0.3, 0.4) is 0 Å². The van der Waals surface area contributed by atoms with Gasteiger partial charge in [0, 0.05) is 36.9 Å². The van der Waals surface area contributed by atoms with Gasteiger partial charge in [-0.1, -0.05) is 0 Å². The van der Waals surface area contributed by atoms with Gasteiger partial charge < -0.3 is 5.32 Å². The highest BCUT2D eigenvalue weighted by Gasteiger charge is 2.15. The minimum atomic E-state index is -0.806. The van der Waals surface area contributed by atoms with Gasteiger partial charge in [0.25, 0.3) is 5.56 Å². The molecule has 5 nitrogen and oxygen atoms in total. The number of aryl methyl sites for hydroxylation is 1. The highest BCUT2D eigenvalue weighted by molar-refractivity contribution is 5.91. The molecule has 0 aliphatic rings. The predicted octanol–water partition coefficient (Wildman–Crippen LogP) is 3.98. The number of fused-ring (bicyclic) bond motifs is 1. The van der Waals surface area contributed by atoms with Crippen molar-refractivity contribution in [3.63, 3.8) is 0 Å². The Balaban J connectivity index is 1.86. The summed E-state index contributed by atoms with van der Waals surface area (Å²) in [5.74, 6) is -1.11. The second-order valence-electron chi connectivity index (χ2n) is 6.35. The lowest BCUT2D eigenvalue weighted by Gasteiger charge is -2.15. The molecule has 1 aromatic carbocycles. The van der Waals surface area contributed by atoms with Crippen LogP contribution in [0.15, 0.2) is 65.8 Å². The number of nitrogens with zero attached hydrogens (tertiary/aromatic N) is 3. The summed E-state index contributed by atoms with van der Waals surface area (Å²) >= 11 is 0. The molecule has 140 valence electrons. The molecule has 7 heteroatoms. The van der Waals surface area contributed by atoms with Crippen LogP contribution in [0.1, 0.15) is 11.3 Å². The number of hydrogen-bond acceptors (Lipinski definition) is 4. The zero-order chi connectivity index (χ0) is 19.7. The fourth-order valence-electron chi connectivity index (χ4n) is 3.17. The zero-order valence-corrected chi connectivity index (χ0v) is 15.0. The van der Waals surface area contributed by atoms with Crippen LogP contribution in [-0.4, -0.2) is 14.5 Å². The number of hydrogen-bond donors (Lipinski definition) is 1. The average molecular weight is 378 g/mol. The van der Waals surface area contributed by atoms with E-state index in [-0.39, 0.29) is 5.69 Å². The van der Waals surface area contributed by atoms with Gasteiger partial charge in [-0.2, -0.15) is 0 Å². The van der Waals surface area contributed by atoms with Crippen LogP contribution in [-0.2, 0) is 6.54 Å². The predicted molar refractivity (Wildman–Crippen MR) is 104 cm³/mol. The Morgan fingerprint density at radius 1 is 1.04 bits per heavy atom. The van der Waals surface area contributed by atoms with Crippen LogP contribution < -0.4 is 10.9 Å². The van der Waals surface area contributed by atoms with E-state index >= 15 is 0 Å². The molecule has 1 N–H and O–H groups in total. The fourth-order valence-corrected chi connectivity index (χ4v) is 3.17. The lowest BCUT2D eigenvalue weighted by molar-refractivity contribution is 0.576. The zero-order valence-electron chi connectivity index (χ0n) is 15.0. The number of rotatable bonds is 4. The topological polar surface area (TPSA) is 59.8 Å². The van der Waals surface area contributed by atoms with Crippen LogP contribution >= 0.6 is 0 Å². The lowest BCUT2D eigenvalue weighted by Crippen LogP contribution is -2.23. The van der Waals surface area contributed by atoms with Gasteiger partial charge in [0.1, 0.15) is 17.5 Å². The minimum Gasteiger partial charge on any atom is -0.365 e. The van der Waals surface area contributed by atoms with E-state index in [0.717, 1.165) is 17.7 Å². The van der Waals surface area contributed by atoms with Crippen LogP contribution in [0.2, 0.25) is 0 Å². The van der Waals surface area contributed by atoms with Crippen molar-refractivity contribution < 1.29 is 8.78 Å². The second kappa shape index (κ2) is 7.19. The monoisotopic (exact) mass is 378 g/mol. The third kappa shape index (κ3) is 3.22.